The van der Waals surface area contributed by atoms with Crippen molar-refractivity contribution in [3.05, 3.63) is 11.6 Å². The van der Waals surface area contributed by atoms with Crippen molar-refractivity contribution in [1.29, 1.82) is 0 Å². The number of hydrogen-bond donors (Lipinski definition) is 1. The summed E-state index contributed by atoms with van der Waals surface area (Å²) in [6.45, 7) is 12.4. The normalized spacial score (nSPS) is 12.9. The van der Waals surface area contributed by atoms with Crippen LogP contribution in [0.15, 0.2) is 11.6 Å². The van der Waals surface area contributed by atoms with Crippen LogP contribution >= 0.6 is 0 Å². The summed E-state index contributed by atoms with van der Waals surface area (Å²) in [5.41, 5.74) is 1.56. The van der Waals surface area contributed by atoms with E-state index in [1.165, 1.54) is 25.7 Å². The third-order valence-electron chi connectivity index (χ3n) is 2.96. The molecular formula is C14H29N. The highest BCUT2D eigenvalue weighted by atomic mass is 14.9. The quantitative estimate of drug-likeness (QED) is 0.470. The van der Waals surface area contributed by atoms with Crippen LogP contribution in [0.3, 0.4) is 0 Å². The van der Waals surface area contributed by atoms with Gasteiger partial charge in [0.05, 0.1) is 0 Å². The lowest BCUT2D eigenvalue weighted by atomic mass is 9.95. The second-order valence-electron chi connectivity index (χ2n) is 4.83. The monoisotopic (exact) mass is 211 g/mol. The van der Waals surface area contributed by atoms with Crippen molar-refractivity contribution in [3.63, 3.8) is 0 Å². The molecule has 0 aliphatic rings. The van der Waals surface area contributed by atoms with Crippen LogP contribution in [0.5, 0.6) is 0 Å². The van der Waals surface area contributed by atoms with Gasteiger partial charge in [-0.1, -0.05) is 52.2 Å². The molecule has 0 bridgehead atoms. The Morgan fingerprint density at radius 1 is 1.20 bits per heavy atom. The Morgan fingerprint density at radius 3 is 2.27 bits per heavy atom. The molecule has 0 aliphatic heterocycles. The van der Waals surface area contributed by atoms with Gasteiger partial charge < -0.3 is 5.32 Å². The van der Waals surface area contributed by atoms with E-state index in [0.29, 0.717) is 6.04 Å². The molecule has 0 aromatic heterocycles. The molecule has 1 N–H and O–H groups in total. The molecule has 0 atom stereocenters. The molecule has 0 unspecified atom stereocenters. The Labute approximate surface area is 96.3 Å². The lowest BCUT2D eigenvalue weighted by Crippen LogP contribution is -2.23. The number of allylic oxidation sites excluding steroid dienone is 1. The zero-order chi connectivity index (χ0) is 11.7. The van der Waals surface area contributed by atoms with Crippen molar-refractivity contribution in [2.45, 2.75) is 66.3 Å². The largest absolute Gasteiger partial charge is 0.314 e. The summed E-state index contributed by atoms with van der Waals surface area (Å²) < 4.78 is 0. The Kier molecular flexibility index (Phi) is 8.79. The number of rotatable bonds is 8. The summed E-state index contributed by atoms with van der Waals surface area (Å²) in [6.07, 6.45) is 7.48. The van der Waals surface area contributed by atoms with E-state index in [2.05, 4.69) is 46.0 Å². The van der Waals surface area contributed by atoms with Crippen LogP contribution in [0.4, 0.5) is 0 Å². The van der Waals surface area contributed by atoms with Crippen LogP contribution in [0.2, 0.25) is 0 Å². The first kappa shape index (κ1) is 14.7. The van der Waals surface area contributed by atoms with Crippen molar-refractivity contribution in [2.24, 2.45) is 5.92 Å². The van der Waals surface area contributed by atoms with E-state index in [0.717, 1.165) is 12.5 Å². The maximum absolute atomic E-state index is 3.44. The Morgan fingerprint density at radius 2 is 1.80 bits per heavy atom. The molecule has 0 rings (SSSR count). The molecule has 90 valence electrons. The fraction of sp³-hybridized carbons (Fsp3) is 0.857. The van der Waals surface area contributed by atoms with Gasteiger partial charge in [-0.25, -0.2) is 0 Å². The predicted molar refractivity (Wildman–Crippen MR) is 70.2 cm³/mol. The van der Waals surface area contributed by atoms with Gasteiger partial charge in [-0.05, 0) is 32.2 Å². The van der Waals surface area contributed by atoms with E-state index >= 15 is 0 Å². The molecule has 15 heavy (non-hydrogen) atoms. The fourth-order valence-electron chi connectivity index (χ4n) is 1.81. The highest BCUT2D eigenvalue weighted by Crippen LogP contribution is 2.18. The topological polar surface area (TPSA) is 12.0 Å². The van der Waals surface area contributed by atoms with Crippen LogP contribution in [0.1, 0.15) is 60.3 Å². The van der Waals surface area contributed by atoms with E-state index in [1.807, 2.05) is 0 Å². The lowest BCUT2D eigenvalue weighted by Gasteiger charge is -2.12. The van der Waals surface area contributed by atoms with E-state index < -0.39 is 0 Å². The third-order valence-corrected chi connectivity index (χ3v) is 2.96. The summed E-state index contributed by atoms with van der Waals surface area (Å²) in [6, 6.07) is 0.609. The van der Waals surface area contributed by atoms with Crippen molar-refractivity contribution >= 4 is 0 Å². The summed E-state index contributed by atoms with van der Waals surface area (Å²) in [5.74, 6) is 0.888. The van der Waals surface area contributed by atoms with Crippen LogP contribution in [-0.2, 0) is 0 Å². The summed E-state index contributed by atoms with van der Waals surface area (Å²) in [5, 5.41) is 3.44. The fourth-order valence-corrected chi connectivity index (χ4v) is 1.81. The molecule has 0 spiro atoms. The molecule has 0 radical (unpaired) electrons. The zero-order valence-electron chi connectivity index (χ0n) is 11.3. The maximum atomic E-state index is 3.44. The molecule has 0 aliphatic carbocycles. The third kappa shape index (κ3) is 8.68. The summed E-state index contributed by atoms with van der Waals surface area (Å²) in [7, 11) is 0. The highest BCUT2D eigenvalue weighted by molar-refractivity contribution is 4.99. The van der Waals surface area contributed by atoms with Crippen molar-refractivity contribution in [1.82, 2.24) is 5.32 Å². The minimum absolute atomic E-state index is 0.609. The van der Waals surface area contributed by atoms with Crippen LogP contribution in [0.25, 0.3) is 0 Å². The van der Waals surface area contributed by atoms with Gasteiger partial charge >= 0.3 is 0 Å². The second-order valence-corrected chi connectivity index (χ2v) is 4.83. The Hall–Kier alpha value is -0.300. The molecule has 0 saturated carbocycles. The molecule has 0 heterocycles. The first-order chi connectivity index (χ1) is 7.10. The lowest BCUT2D eigenvalue weighted by molar-refractivity contribution is 0.487. The molecule has 1 heteroatoms. The van der Waals surface area contributed by atoms with Crippen LogP contribution < -0.4 is 5.32 Å². The van der Waals surface area contributed by atoms with Crippen molar-refractivity contribution in [3.8, 4) is 0 Å². The molecule has 0 aromatic rings. The first-order valence-electron chi connectivity index (χ1n) is 6.49. The van der Waals surface area contributed by atoms with Crippen LogP contribution in [-0.4, -0.2) is 12.6 Å². The average Bonchev–Trinajstić information content (AvgIpc) is 2.20. The van der Waals surface area contributed by atoms with Crippen LogP contribution in [0, 0.1) is 5.92 Å². The van der Waals surface area contributed by atoms with Gasteiger partial charge in [0.15, 0.2) is 0 Å². The molecule has 1 nitrogen and oxygen atoms in total. The Balaban J connectivity index is 3.68. The smallest absolute Gasteiger partial charge is 0.00105 e. The molecular weight excluding hydrogens is 182 g/mol. The maximum Gasteiger partial charge on any atom is 0.00105 e. The van der Waals surface area contributed by atoms with Crippen molar-refractivity contribution in [2.75, 3.05) is 6.54 Å². The number of nitrogens with one attached hydrogen (secondary N) is 1. The number of hydrogen-bond acceptors (Lipinski definition) is 1. The average molecular weight is 211 g/mol. The first-order valence-corrected chi connectivity index (χ1v) is 6.49. The predicted octanol–water partition coefficient (Wildman–Crippen LogP) is 4.15. The van der Waals surface area contributed by atoms with Gasteiger partial charge in [-0.2, -0.15) is 0 Å². The van der Waals surface area contributed by atoms with Crippen molar-refractivity contribution < 1.29 is 0 Å². The SMILES string of the molecule is CCC(CC)CC(C)=CCCNC(C)C. The Bertz CT molecular complexity index is 166. The van der Waals surface area contributed by atoms with Gasteiger partial charge in [0.25, 0.3) is 0 Å². The van der Waals surface area contributed by atoms with Gasteiger partial charge in [0, 0.05) is 6.04 Å². The van der Waals surface area contributed by atoms with Gasteiger partial charge in [-0.3, -0.25) is 0 Å². The van der Waals surface area contributed by atoms with Gasteiger partial charge in [0.1, 0.15) is 0 Å². The molecule has 0 amide bonds. The molecule has 0 aromatic carbocycles. The van der Waals surface area contributed by atoms with E-state index in [-0.39, 0.29) is 0 Å². The minimum Gasteiger partial charge on any atom is -0.314 e. The van der Waals surface area contributed by atoms with E-state index in [1.54, 1.807) is 5.57 Å². The highest BCUT2D eigenvalue weighted by Gasteiger charge is 2.03. The second kappa shape index (κ2) is 8.96. The van der Waals surface area contributed by atoms with E-state index in [9.17, 15) is 0 Å². The minimum atomic E-state index is 0.609. The summed E-state index contributed by atoms with van der Waals surface area (Å²) in [4.78, 5) is 0. The standard InChI is InChI=1S/C14H29N/c1-6-14(7-2)11-13(5)9-8-10-15-12(3)4/h9,12,14-15H,6-8,10-11H2,1-5H3. The van der Waals surface area contributed by atoms with E-state index in [4.69, 9.17) is 0 Å². The molecule has 0 fully saturated rings. The van der Waals surface area contributed by atoms with Gasteiger partial charge in [0.2, 0.25) is 0 Å². The molecule has 0 saturated heterocycles. The van der Waals surface area contributed by atoms with Gasteiger partial charge in [-0.15, -0.1) is 0 Å². The summed E-state index contributed by atoms with van der Waals surface area (Å²) >= 11 is 0. The zero-order valence-corrected chi connectivity index (χ0v) is 11.3.